The van der Waals surface area contributed by atoms with Crippen molar-refractivity contribution in [1.29, 1.82) is 0 Å². The molecule has 0 atom stereocenters. The van der Waals surface area contributed by atoms with Crippen LogP contribution in [0.15, 0.2) is 36.4 Å². The van der Waals surface area contributed by atoms with Crippen LogP contribution in [0.3, 0.4) is 0 Å². The average molecular weight is 281 g/mol. The molecule has 2 aromatic carbocycles. The summed E-state index contributed by atoms with van der Waals surface area (Å²) in [5.41, 5.74) is 8.22. The summed E-state index contributed by atoms with van der Waals surface area (Å²) in [7, 11) is 0. The lowest BCUT2D eigenvalue weighted by molar-refractivity contribution is 0.590. The van der Waals surface area contributed by atoms with E-state index in [1.165, 1.54) is 33.5 Å². The van der Waals surface area contributed by atoms with E-state index in [2.05, 4.69) is 83.3 Å². The molecule has 0 saturated carbocycles. The lowest BCUT2D eigenvalue weighted by Crippen LogP contribution is -2.11. The first-order valence-corrected chi connectivity index (χ1v) is 7.68. The van der Waals surface area contributed by atoms with Crippen LogP contribution in [0, 0.1) is 20.8 Å². The average Bonchev–Trinajstić information content (AvgIpc) is 2.41. The summed E-state index contributed by atoms with van der Waals surface area (Å²) in [6.45, 7) is 14.1. The van der Waals surface area contributed by atoms with Gasteiger partial charge < -0.3 is 5.32 Å². The van der Waals surface area contributed by atoms with Crippen molar-refractivity contribution in [3.63, 3.8) is 0 Å². The summed E-state index contributed by atoms with van der Waals surface area (Å²) in [6, 6.07) is 13.4. The number of hydrogen-bond acceptors (Lipinski definition) is 1. The van der Waals surface area contributed by atoms with Gasteiger partial charge in [0.25, 0.3) is 0 Å². The van der Waals surface area contributed by atoms with Gasteiger partial charge in [0.05, 0.1) is 0 Å². The second-order valence-electron chi connectivity index (χ2n) is 7.04. The summed E-state index contributed by atoms with van der Waals surface area (Å²) in [5.74, 6) is 0. The van der Waals surface area contributed by atoms with Crippen LogP contribution in [0.25, 0.3) is 0 Å². The van der Waals surface area contributed by atoms with Crippen LogP contribution < -0.4 is 5.32 Å². The molecule has 0 spiro atoms. The molecule has 1 heteroatoms. The molecule has 0 unspecified atom stereocenters. The maximum absolute atomic E-state index is 3.53. The fourth-order valence-electron chi connectivity index (χ4n) is 2.50. The molecule has 2 aromatic rings. The number of anilines is 1. The minimum Gasteiger partial charge on any atom is -0.381 e. The smallest absolute Gasteiger partial charge is 0.0403 e. The third-order valence-electron chi connectivity index (χ3n) is 4.19. The van der Waals surface area contributed by atoms with E-state index >= 15 is 0 Å². The summed E-state index contributed by atoms with van der Waals surface area (Å²) >= 11 is 0. The molecule has 1 N–H and O–H groups in total. The van der Waals surface area contributed by atoms with E-state index in [4.69, 9.17) is 0 Å². The van der Waals surface area contributed by atoms with Crippen LogP contribution in [0.2, 0.25) is 0 Å². The van der Waals surface area contributed by atoms with Gasteiger partial charge in [-0.15, -0.1) is 0 Å². The van der Waals surface area contributed by atoms with E-state index in [1.54, 1.807) is 0 Å². The molecule has 0 aliphatic rings. The second-order valence-corrected chi connectivity index (χ2v) is 7.04. The summed E-state index contributed by atoms with van der Waals surface area (Å²) in [5, 5.41) is 3.53. The Morgan fingerprint density at radius 1 is 0.810 bits per heavy atom. The first kappa shape index (κ1) is 15.6. The number of benzene rings is 2. The van der Waals surface area contributed by atoms with Crippen molar-refractivity contribution in [3.05, 3.63) is 64.2 Å². The maximum atomic E-state index is 3.53. The highest BCUT2D eigenvalue weighted by Crippen LogP contribution is 2.24. The minimum atomic E-state index is 0.211. The lowest BCUT2D eigenvalue weighted by atomic mass is 9.87. The van der Waals surface area contributed by atoms with Gasteiger partial charge in [-0.05, 0) is 66.1 Å². The molecular formula is C20H27N. The number of aryl methyl sites for hydroxylation is 3. The predicted molar refractivity (Wildman–Crippen MR) is 93.1 cm³/mol. The van der Waals surface area contributed by atoms with Gasteiger partial charge in [0.2, 0.25) is 0 Å². The van der Waals surface area contributed by atoms with Crippen molar-refractivity contribution < 1.29 is 0 Å². The Morgan fingerprint density at radius 3 is 1.95 bits per heavy atom. The van der Waals surface area contributed by atoms with Crippen molar-refractivity contribution in [2.24, 2.45) is 0 Å². The molecule has 0 fully saturated rings. The van der Waals surface area contributed by atoms with Crippen LogP contribution in [-0.2, 0) is 12.0 Å². The van der Waals surface area contributed by atoms with Crippen LogP contribution in [-0.4, -0.2) is 0 Å². The van der Waals surface area contributed by atoms with Crippen LogP contribution in [0.4, 0.5) is 5.69 Å². The largest absolute Gasteiger partial charge is 0.381 e. The zero-order valence-corrected chi connectivity index (χ0v) is 14.2. The van der Waals surface area contributed by atoms with Gasteiger partial charge in [-0.3, -0.25) is 0 Å². The van der Waals surface area contributed by atoms with E-state index < -0.39 is 0 Å². The van der Waals surface area contributed by atoms with Gasteiger partial charge >= 0.3 is 0 Å². The SMILES string of the molecule is Cc1cc(C)c(CNc2ccc(C(C)(C)C)cc2)cc1C. The molecule has 0 saturated heterocycles. The standard InChI is InChI=1S/C20H27N/c1-14-11-16(3)17(12-15(14)2)13-21-19-9-7-18(8-10-19)20(4,5)6/h7-12,21H,13H2,1-6H3. The normalized spacial score (nSPS) is 11.5. The van der Waals surface area contributed by atoms with Crippen molar-refractivity contribution in [2.75, 3.05) is 5.32 Å². The third kappa shape index (κ3) is 3.87. The fourth-order valence-corrected chi connectivity index (χ4v) is 2.50. The number of nitrogens with one attached hydrogen (secondary N) is 1. The molecule has 112 valence electrons. The molecule has 0 aromatic heterocycles. The molecule has 1 nitrogen and oxygen atoms in total. The summed E-state index contributed by atoms with van der Waals surface area (Å²) < 4.78 is 0. The van der Waals surface area contributed by atoms with Crippen LogP contribution in [0.1, 0.15) is 48.6 Å². The third-order valence-corrected chi connectivity index (χ3v) is 4.19. The van der Waals surface area contributed by atoms with Gasteiger partial charge in [-0.25, -0.2) is 0 Å². The Labute approximate surface area is 129 Å². The Hall–Kier alpha value is -1.76. The van der Waals surface area contributed by atoms with Gasteiger partial charge in [-0.2, -0.15) is 0 Å². The maximum Gasteiger partial charge on any atom is 0.0403 e. The number of rotatable bonds is 3. The highest BCUT2D eigenvalue weighted by molar-refractivity contribution is 5.47. The Morgan fingerprint density at radius 2 is 1.38 bits per heavy atom. The van der Waals surface area contributed by atoms with Crippen molar-refractivity contribution in [1.82, 2.24) is 0 Å². The quantitative estimate of drug-likeness (QED) is 0.781. The molecule has 21 heavy (non-hydrogen) atoms. The lowest BCUT2D eigenvalue weighted by Gasteiger charge is -2.19. The first-order chi connectivity index (χ1) is 9.77. The molecule has 0 heterocycles. The van der Waals surface area contributed by atoms with Gasteiger partial charge in [-0.1, -0.05) is 45.0 Å². The van der Waals surface area contributed by atoms with Crippen molar-refractivity contribution >= 4 is 5.69 Å². The summed E-state index contributed by atoms with van der Waals surface area (Å²) in [6.07, 6.45) is 0. The van der Waals surface area contributed by atoms with E-state index in [0.29, 0.717) is 0 Å². The molecule has 2 rings (SSSR count). The molecule has 0 aliphatic heterocycles. The van der Waals surface area contributed by atoms with Gasteiger partial charge in [0, 0.05) is 12.2 Å². The van der Waals surface area contributed by atoms with Crippen LogP contribution >= 0.6 is 0 Å². The Bertz CT molecular complexity index is 616. The van der Waals surface area contributed by atoms with Gasteiger partial charge in [0.1, 0.15) is 0 Å². The predicted octanol–water partition coefficient (Wildman–Crippen LogP) is 5.52. The molecular weight excluding hydrogens is 254 g/mol. The van der Waals surface area contributed by atoms with Crippen molar-refractivity contribution in [2.45, 2.75) is 53.5 Å². The molecule has 0 aliphatic carbocycles. The van der Waals surface area contributed by atoms with E-state index in [9.17, 15) is 0 Å². The highest BCUT2D eigenvalue weighted by Gasteiger charge is 2.12. The topological polar surface area (TPSA) is 12.0 Å². The first-order valence-electron chi connectivity index (χ1n) is 7.68. The summed E-state index contributed by atoms with van der Waals surface area (Å²) in [4.78, 5) is 0. The monoisotopic (exact) mass is 281 g/mol. The molecule has 0 radical (unpaired) electrons. The molecule has 0 amide bonds. The Balaban J connectivity index is 2.08. The van der Waals surface area contributed by atoms with Gasteiger partial charge in [0.15, 0.2) is 0 Å². The molecule has 0 bridgehead atoms. The zero-order valence-electron chi connectivity index (χ0n) is 14.2. The van der Waals surface area contributed by atoms with E-state index in [0.717, 1.165) is 6.54 Å². The fraction of sp³-hybridized carbons (Fsp3) is 0.400. The van der Waals surface area contributed by atoms with E-state index in [-0.39, 0.29) is 5.41 Å². The Kier molecular flexibility index (Phi) is 4.41. The minimum absolute atomic E-state index is 0.211. The van der Waals surface area contributed by atoms with Crippen molar-refractivity contribution in [3.8, 4) is 0 Å². The zero-order chi connectivity index (χ0) is 15.6. The number of hydrogen-bond donors (Lipinski definition) is 1. The highest BCUT2D eigenvalue weighted by atomic mass is 14.9. The second kappa shape index (κ2) is 5.93. The van der Waals surface area contributed by atoms with Crippen LogP contribution in [0.5, 0.6) is 0 Å². The van der Waals surface area contributed by atoms with E-state index in [1.807, 2.05) is 0 Å².